The first-order valence-electron chi connectivity index (χ1n) is 4.16. The summed E-state index contributed by atoms with van der Waals surface area (Å²) in [5.41, 5.74) is 5.64. The smallest absolute Gasteiger partial charge is 0.305 e. The standard InChI is InChI=1S/C8H6N4O2S2/c9-5-2-1-3-6(7(5)12(13)14)15-8-10-4-11-16-8/h1-4H,9H2. The van der Waals surface area contributed by atoms with Gasteiger partial charge in [-0.3, -0.25) is 10.1 Å². The normalized spacial score (nSPS) is 10.2. The predicted molar refractivity (Wildman–Crippen MR) is 61.5 cm³/mol. The molecule has 0 aliphatic heterocycles. The number of hydrogen-bond donors (Lipinski definition) is 1. The van der Waals surface area contributed by atoms with Gasteiger partial charge < -0.3 is 5.73 Å². The van der Waals surface area contributed by atoms with Crippen molar-refractivity contribution in [3.8, 4) is 0 Å². The van der Waals surface area contributed by atoms with E-state index in [1.54, 1.807) is 12.1 Å². The van der Waals surface area contributed by atoms with Crippen LogP contribution in [0.3, 0.4) is 0 Å². The highest BCUT2D eigenvalue weighted by molar-refractivity contribution is 8.01. The van der Waals surface area contributed by atoms with Gasteiger partial charge in [0.2, 0.25) is 0 Å². The SMILES string of the molecule is Nc1cccc(Sc2ncns2)c1[N+](=O)[O-]. The second-order valence-electron chi connectivity index (χ2n) is 2.76. The molecule has 0 unspecified atom stereocenters. The van der Waals surface area contributed by atoms with Gasteiger partial charge in [0.1, 0.15) is 12.0 Å². The van der Waals surface area contributed by atoms with E-state index in [9.17, 15) is 10.1 Å². The van der Waals surface area contributed by atoms with Crippen LogP contribution in [0.1, 0.15) is 0 Å². The maximum Gasteiger partial charge on any atom is 0.305 e. The summed E-state index contributed by atoms with van der Waals surface area (Å²) in [7, 11) is 0. The predicted octanol–water partition coefficient (Wildman–Crippen LogP) is 2.18. The topological polar surface area (TPSA) is 94.9 Å². The minimum Gasteiger partial charge on any atom is -0.393 e. The van der Waals surface area contributed by atoms with Crippen molar-refractivity contribution in [2.75, 3.05) is 5.73 Å². The van der Waals surface area contributed by atoms with Gasteiger partial charge in [0.05, 0.1) is 9.82 Å². The number of aromatic nitrogens is 2. The maximum atomic E-state index is 10.9. The molecule has 2 rings (SSSR count). The van der Waals surface area contributed by atoms with E-state index in [0.29, 0.717) is 9.24 Å². The fourth-order valence-corrected chi connectivity index (χ4v) is 2.67. The van der Waals surface area contributed by atoms with Crippen molar-refractivity contribution in [3.63, 3.8) is 0 Å². The lowest BCUT2D eigenvalue weighted by Crippen LogP contribution is -1.96. The summed E-state index contributed by atoms with van der Waals surface area (Å²) < 4.78 is 4.47. The molecule has 0 spiro atoms. The zero-order chi connectivity index (χ0) is 11.5. The van der Waals surface area contributed by atoms with Crippen LogP contribution in [-0.2, 0) is 0 Å². The summed E-state index contributed by atoms with van der Waals surface area (Å²) in [5, 5.41) is 10.9. The Morgan fingerprint density at radius 2 is 2.31 bits per heavy atom. The van der Waals surface area contributed by atoms with E-state index in [1.807, 2.05) is 0 Å². The average molecular weight is 254 g/mol. The number of nitrogens with zero attached hydrogens (tertiary/aromatic N) is 3. The van der Waals surface area contributed by atoms with Crippen LogP contribution >= 0.6 is 23.3 Å². The Hall–Kier alpha value is -1.67. The second-order valence-corrected chi connectivity index (χ2v) is 4.83. The number of nitro benzene ring substituents is 1. The number of para-hydroxylation sites is 1. The van der Waals surface area contributed by atoms with Crippen LogP contribution in [0.2, 0.25) is 0 Å². The van der Waals surface area contributed by atoms with E-state index >= 15 is 0 Å². The molecular formula is C8H6N4O2S2. The summed E-state index contributed by atoms with van der Waals surface area (Å²) in [6.45, 7) is 0. The fourth-order valence-electron chi connectivity index (χ4n) is 1.12. The van der Waals surface area contributed by atoms with E-state index in [2.05, 4.69) is 9.36 Å². The molecule has 0 aliphatic carbocycles. The highest BCUT2D eigenvalue weighted by Gasteiger charge is 2.19. The molecular weight excluding hydrogens is 248 g/mol. The van der Waals surface area contributed by atoms with Crippen molar-refractivity contribution < 1.29 is 4.92 Å². The molecule has 16 heavy (non-hydrogen) atoms. The number of benzene rings is 1. The fraction of sp³-hybridized carbons (Fsp3) is 0. The second kappa shape index (κ2) is 4.45. The molecule has 2 N–H and O–H groups in total. The van der Waals surface area contributed by atoms with Gasteiger partial charge in [0.15, 0.2) is 4.34 Å². The van der Waals surface area contributed by atoms with Crippen LogP contribution in [0.15, 0.2) is 33.8 Å². The van der Waals surface area contributed by atoms with Crippen molar-refractivity contribution >= 4 is 34.7 Å². The number of nitro groups is 1. The van der Waals surface area contributed by atoms with Gasteiger partial charge >= 0.3 is 5.69 Å². The van der Waals surface area contributed by atoms with Crippen molar-refractivity contribution in [3.05, 3.63) is 34.6 Å². The molecule has 0 saturated carbocycles. The first-order chi connectivity index (χ1) is 7.68. The van der Waals surface area contributed by atoms with Crippen molar-refractivity contribution in [1.29, 1.82) is 0 Å². The average Bonchev–Trinajstić information content (AvgIpc) is 2.70. The lowest BCUT2D eigenvalue weighted by atomic mass is 10.3. The van der Waals surface area contributed by atoms with E-state index < -0.39 is 4.92 Å². The lowest BCUT2D eigenvalue weighted by molar-refractivity contribution is -0.386. The lowest BCUT2D eigenvalue weighted by Gasteiger charge is -2.01. The third-order valence-electron chi connectivity index (χ3n) is 1.75. The van der Waals surface area contributed by atoms with Gasteiger partial charge in [-0.15, -0.1) is 0 Å². The number of anilines is 1. The Morgan fingerprint density at radius 3 is 2.94 bits per heavy atom. The minimum absolute atomic E-state index is 0.0808. The summed E-state index contributed by atoms with van der Waals surface area (Å²) in [6, 6.07) is 4.81. The number of nitrogen functional groups attached to an aromatic ring is 1. The van der Waals surface area contributed by atoms with Crippen molar-refractivity contribution in [2.24, 2.45) is 0 Å². The molecule has 2 aromatic rings. The van der Waals surface area contributed by atoms with E-state index in [-0.39, 0.29) is 11.4 Å². The molecule has 1 aromatic carbocycles. The van der Waals surface area contributed by atoms with E-state index in [1.165, 1.54) is 35.7 Å². The van der Waals surface area contributed by atoms with Crippen LogP contribution in [0.25, 0.3) is 0 Å². The zero-order valence-corrected chi connectivity index (χ0v) is 9.49. The highest BCUT2D eigenvalue weighted by Crippen LogP contribution is 2.38. The molecule has 0 bridgehead atoms. The third-order valence-corrected chi connectivity index (χ3v) is 3.52. The Labute approximate surface area is 98.8 Å². The van der Waals surface area contributed by atoms with Crippen molar-refractivity contribution in [1.82, 2.24) is 9.36 Å². The molecule has 8 heteroatoms. The van der Waals surface area contributed by atoms with Crippen LogP contribution in [0.4, 0.5) is 11.4 Å². The summed E-state index contributed by atoms with van der Waals surface area (Å²) in [5.74, 6) is 0. The Bertz CT molecular complexity index is 515. The summed E-state index contributed by atoms with van der Waals surface area (Å²) >= 11 is 2.37. The van der Waals surface area contributed by atoms with E-state index in [4.69, 9.17) is 5.73 Å². The van der Waals surface area contributed by atoms with Gasteiger partial charge in [-0.1, -0.05) is 17.8 Å². The molecule has 0 amide bonds. The Morgan fingerprint density at radius 1 is 1.50 bits per heavy atom. The van der Waals surface area contributed by atoms with Gasteiger partial charge in [-0.25, -0.2) is 4.98 Å². The van der Waals surface area contributed by atoms with Gasteiger partial charge in [-0.05, 0) is 23.7 Å². The molecule has 1 aromatic heterocycles. The first-order valence-corrected chi connectivity index (χ1v) is 5.75. The van der Waals surface area contributed by atoms with Crippen LogP contribution in [0, 0.1) is 10.1 Å². The minimum atomic E-state index is -0.487. The van der Waals surface area contributed by atoms with Crippen molar-refractivity contribution in [2.45, 2.75) is 9.24 Å². The monoisotopic (exact) mass is 254 g/mol. The Balaban J connectivity index is 2.40. The zero-order valence-electron chi connectivity index (χ0n) is 7.86. The molecule has 0 fully saturated rings. The number of nitrogens with two attached hydrogens (primary N) is 1. The highest BCUT2D eigenvalue weighted by atomic mass is 32.2. The number of hydrogen-bond acceptors (Lipinski definition) is 7. The maximum absolute atomic E-state index is 10.9. The van der Waals surface area contributed by atoms with Crippen LogP contribution < -0.4 is 5.73 Å². The summed E-state index contributed by atoms with van der Waals surface area (Å²) in [4.78, 5) is 14.8. The molecule has 1 heterocycles. The molecule has 0 atom stereocenters. The quantitative estimate of drug-likeness (QED) is 0.512. The number of rotatable bonds is 3. The summed E-state index contributed by atoms with van der Waals surface area (Å²) in [6.07, 6.45) is 1.41. The third kappa shape index (κ3) is 2.12. The van der Waals surface area contributed by atoms with Gasteiger partial charge in [0.25, 0.3) is 0 Å². The van der Waals surface area contributed by atoms with Gasteiger partial charge in [-0.2, -0.15) is 4.37 Å². The largest absolute Gasteiger partial charge is 0.393 e. The molecule has 0 aliphatic rings. The molecule has 0 radical (unpaired) electrons. The molecule has 6 nitrogen and oxygen atoms in total. The Kier molecular flexibility index (Phi) is 3.02. The van der Waals surface area contributed by atoms with Gasteiger partial charge in [0, 0.05) is 0 Å². The van der Waals surface area contributed by atoms with E-state index in [0.717, 1.165) is 0 Å². The van der Waals surface area contributed by atoms with Crippen LogP contribution in [0.5, 0.6) is 0 Å². The van der Waals surface area contributed by atoms with Crippen LogP contribution in [-0.4, -0.2) is 14.3 Å². The first kappa shape index (κ1) is 10.8. The molecule has 82 valence electrons. The molecule has 0 saturated heterocycles.